The average molecular weight is 289 g/mol. The van der Waals surface area contributed by atoms with Crippen LogP contribution in [-0.2, 0) is 27.0 Å². The van der Waals surface area contributed by atoms with E-state index in [0.29, 0.717) is 22.8 Å². The quantitative estimate of drug-likeness (QED) is 0.793. The van der Waals surface area contributed by atoms with Crippen LogP contribution < -0.4 is 0 Å². The molecule has 4 nitrogen and oxygen atoms in total. The van der Waals surface area contributed by atoms with E-state index < -0.39 is 16.8 Å². The van der Waals surface area contributed by atoms with Crippen LogP contribution in [0.4, 0.5) is 0 Å². The minimum absolute atomic E-state index is 0.371. The molecular formula is C15H15NO3S. The van der Waals surface area contributed by atoms with Crippen LogP contribution in [0, 0.1) is 0 Å². The number of benzene rings is 1. The monoisotopic (exact) mass is 289 g/mol. The van der Waals surface area contributed by atoms with Crippen LogP contribution in [0.2, 0.25) is 0 Å². The summed E-state index contributed by atoms with van der Waals surface area (Å²) in [5.41, 5.74) is 2.13. The predicted octanol–water partition coefficient (Wildman–Crippen LogP) is 2.32. The molecule has 0 fully saturated rings. The average Bonchev–Trinajstić information content (AvgIpc) is 2.48. The molecule has 0 radical (unpaired) electrons. The van der Waals surface area contributed by atoms with Gasteiger partial charge in [-0.05, 0) is 17.7 Å². The number of carbonyl (C=O) groups is 1. The molecule has 0 amide bonds. The molecule has 0 aliphatic heterocycles. The van der Waals surface area contributed by atoms with E-state index in [9.17, 15) is 9.00 Å². The van der Waals surface area contributed by atoms with Gasteiger partial charge in [0.05, 0.1) is 24.1 Å². The van der Waals surface area contributed by atoms with Crippen molar-refractivity contribution in [2.45, 2.75) is 11.5 Å². The molecule has 0 bridgehead atoms. The van der Waals surface area contributed by atoms with Crippen molar-refractivity contribution in [1.29, 1.82) is 0 Å². The molecule has 0 aliphatic rings. The molecule has 0 spiro atoms. The van der Waals surface area contributed by atoms with Gasteiger partial charge < -0.3 is 4.74 Å². The van der Waals surface area contributed by atoms with Crippen molar-refractivity contribution in [2.24, 2.45) is 0 Å². The molecule has 5 heteroatoms. The number of aromatic nitrogens is 1. The lowest BCUT2D eigenvalue weighted by atomic mass is 10.2. The maximum absolute atomic E-state index is 12.0. The number of carbonyl (C=O) groups excluding carboxylic acids is 1. The highest BCUT2D eigenvalue weighted by Crippen LogP contribution is 2.08. The van der Waals surface area contributed by atoms with Gasteiger partial charge in [-0.2, -0.15) is 0 Å². The molecule has 1 heterocycles. The topological polar surface area (TPSA) is 56.3 Å². The second kappa shape index (κ2) is 6.96. The van der Waals surface area contributed by atoms with Gasteiger partial charge in [0, 0.05) is 22.7 Å². The number of hydrogen-bond donors (Lipinski definition) is 0. The van der Waals surface area contributed by atoms with Crippen LogP contribution in [0.25, 0.3) is 0 Å². The van der Waals surface area contributed by atoms with Crippen molar-refractivity contribution in [3.63, 3.8) is 0 Å². The third-order valence-corrected chi connectivity index (χ3v) is 4.00. The molecule has 0 aliphatic carbocycles. The zero-order chi connectivity index (χ0) is 14.4. The lowest BCUT2D eigenvalue weighted by molar-refractivity contribution is 0.0600. The van der Waals surface area contributed by atoms with Crippen LogP contribution in [-0.4, -0.2) is 22.3 Å². The molecule has 1 aromatic heterocycles. The summed E-state index contributed by atoms with van der Waals surface area (Å²) in [6, 6.07) is 13.0. The molecule has 20 heavy (non-hydrogen) atoms. The highest BCUT2D eigenvalue weighted by Gasteiger charge is 2.08. The van der Waals surface area contributed by atoms with E-state index in [2.05, 4.69) is 9.72 Å². The zero-order valence-electron chi connectivity index (χ0n) is 11.1. The fraction of sp³-hybridized carbons (Fsp3) is 0.200. The van der Waals surface area contributed by atoms with Crippen molar-refractivity contribution in [2.75, 3.05) is 7.11 Å². The van der Waals surface area contributed by atoms with Gasteiger partial charge in [0.1, 0.15) is 0 Å². The van der Waals surface area contributed by atoms with Gasteiger partial charge in [-0.3, -0.25) is 9.19 Å². The van der Waals surface area contributed by atoms with E-state index in [0.717, 1.165) is 5.56 Å². The lowest BCUT2D eigenvalue weighted by Gasteiger charge is -2.03. The van der Waals surface area contributed by atoms with Gasteiger partial charge >= 0.3 is 5.97 Å². The summed E-state index contributed by atoms with van der Waals surface area (Å²) in [5.74, 6) is 0.451. The predicted molar refractivity (Wildman–Crippen MR) is 77.6 cm³/mol. The van der Waals surface area contributed by atoms with E-state index in [1.165, 1.54) is 13.3 Å². The maximum atomic E-state index is 12.0. The molecular weight excluding hydrogens is 274 g/mol. The Labute approximate surface area is 120 Å². The number of ether oxygens (including phenoxy) is 1. The molecule has 1 atom stereocenters. The maximum Gasteiger partial charge on any atom is 0.339 e. The number of rotatable bonds is 5. The first-order chi connectivity index (χ1) is 9.69. The molecule has 1 aromatic carbocycles. The Morgan fingerprint density at radius 2 is 1.90 bits per heavy atom. The number of methoxy groups -OCH3 is 1. The second-order valence-corrected chi connectivity index (χ2v) is 5.70. The summed E-state index contributed by atoms with van der Waals surface area (Å²) < 4.78 is 16.6. The van der Waals surface area contributed by atoms with Crippen molar-refractivity contribution in [3.05, 3.63) is 65.5 Å². The molecule has 2 rings (SSSR count). The summed E-state index contributed by atoms with van der Waals surface area (Å²) in [6.07, 6.45) is 1.45. The number of esters is 1. The van der Waals surface area contributed by atoms with Crippen molar-refractivity contribution >= 4 is 16.8 Å². The minimum Gasteiger partial charge on any atom is -0.465 e. The van der Waals surface area contributed by atoms with Gasteiger partial charge in [-0.1, -0.05) is 30.3 Å². The molecule has 1 unspecified atom stereocenters. The van der Waals surface area contributed by atoms with Crippen LogP contribution >= 0.6 is 0 Å². The zero-order valence-corrected chi connectivity index (χ0v) is 11.9. The van der Waals surface area contributed by atoms with Gasteiger partial charge in [-0.15, -0.1) is 0 Å². The van der Waals surface area contributed by atoms with Crippen LogP contribution in [0.15, 0.2) is 48.7 Å². The fourth-order valence-corrected chi connectivity index (χ4v) is 2.89. The van der Waals surface area contributed by atoms with Crippen LogP contribution in [0.3, 0.4) is 0 Å². The smallest absolute Gasteiger partial charge is 0.339 e. The van der Waals surface area contributed by atoms with E-state index in [4.69, 9.17) is 0 Å². The highest BCUT2D eigenvalue weighted by atomic mass is 32.2. The normalized spacial score (nSPS) is 11.8. The Hall–Kier alpha value is -2.01. The third-order valence-electron chi connectivity index (χ3n) is 2.73. The first-order valence-corrected chi connectivity index (χ1v) is 7.60. The lowest BCUT2D eigenvalue weighted by Crippen LogP contribution is -2.04. The molecule has 0 saturated carbocycles. The van der Waals surface area contributed by atoms with Gasteiger partial charge in [0.25, 0.3) is 0 Å². The Bertz CT molecular complexity index is 596. The van der Waals surface area contributed by atoms with Gasteiger partial charge in [-0.25, -0.2) is 4.79 Å². The summed E-state index contributed by atoms with van der Waals surface area (Å²) in [4.78, 5) is 15.4. The Kier molecular flexibility index (Phi) is 5.01. The van der Waals surface area contributed by atoms with E-state index in [-0.39, 0.29) is 0 Å². The Morgan fingerprint density at radius 3 is 2.50 bits per heavy atom. The molecule has 104 valence electrons. The number of pyridine rings is 1. The van der Waals surface area contributed by atoms with Crippen LogP contribution in [0.1, 0.15) is 21.6 Å². The SMILES string of the molecule is COC(=O)c1ccc(CS(=O)Cc2ccccc2)nc1. The van der Waals surface area contributed by atoms with E-state index in [1.54, 1.807) is 12.1 Å². The largest absolute Gasteiger partial charge is 0.465 e. The van der Waals surface area contributed by atoms with Crippen molar-refractivity contribution < 1.29 is 13.7 Å². The minimum atomic E-state index is -1.02. The summed E-state index contributed by atoms with van der Waals surface area (Å²) in [7, 11) is 0.305. The first kappa shape index (κ1) is 14.4. The Balaban J connectivity index is 1.96. The van der Waals surface area contributed by atoms with E-state index >= 15 is 0 Å². The van der Waals surface area contributed by atoms with E-state index in [1.807, 2.05) is 30.3 Å². The van der Waals surface area contributed by atoms with Gasteiger partial charge in [0.15, 0.2) is 0 Å². The highest BCUT2D eigenvalue weighted by molar-refractivity contribution is 7.83. The molecule has 2 aromatic rings. The second-order valence-electron chi connectivity index (χ2n) is 4.24. The summed E-state index contributed by atoms with van der Waals surface area (Å²) in [5, 5.41) is 0. The standard InChI is InChI=1S/C15H15NO3S/c1-19-15(17)13-7-8-14(16-9-13)11-20(18)10-12-5-3-2-4-6-12/h2-9H,10-11H2,1H3. The third kappa shape index (κ3) is 3.99. The van der Waals surface area contributed by atoms with Crippen LogP contribution in [0.5, 0.6) is 0 Å². The Morgan fingerprint density at radius 1 is 1.15 bits per heavy atom. The fourth-order valence-electron chi connectivity index (χ4n) is 1.72. The summed E-state index contributed by atoms with van der Waals surface area (Å²) >= 11 is 0. The summed E-state index contributed by atoms with van der Waals surface area (Å²) in [6.45, 7) is 0. The van der Waals surface area contributed by atoms with Crippen molar-refractivity contribution in [3.8, 4) is 0 Å². The molecule has 0 N–H and O–H groups in total. The molecule has 0 saturated heterocycles. The van der Waals surface area contributed by atoms with Crippen molar-refractivity contribution in [1.82, 2.24) is 4.98 Å². The first-order valence-electron chi connectivity index (χ1n) is 6.11. The number of hydrogen-bond acceptors (Lipinski definition) is 4. The number of nitrogens with zero attached hydrogens (tertiary/aromatic N) is 1. The van der Waals surface area contributed by atoms with Gasteiger partial charge in [0.2, 0.25) is 0 Å².